The molecule has 23 heavy (non-hydrogen) atoms. The van der Waals surface area contributed by atoms with E-state index in [1.165, 1.54) is 4.90 Å². The molecule has 0 spiro atoms. The summed E-state index contributed by atoms with van der Waals surface area (Å²) in [6, 6.07) is 0.0919. The molecule has 1 saturated carbocycles. The van der Waals surface area contributed by atoms with Gasteiger partial charge in [-0.05, 0) is 18.8 Å². The fraction of sp³-hybridized carbons (Fsp3) is 0.929. The number of amides is 1. The highest BCUT2D eigenvalue weighted by Crippen LogP contribution is 2.26. The van der Waals surface area contributed by atoms with E-state index in [1.54, 1.807) is 4.90 Å². The maximum Gasteiger partial charge on any atom is 0.401 e. The van der Waals surface area contributed by atoms with Crippen LogP contribution in [0, 0.1) is 5.92 Å². The van der Waals surface area contributed by atoms with E-state index in [2.05, 4.69) is 0 Å². The number of carbonyl (C=O) groups is 1. The van der Waals surface area contributed by atoms with E-state index >= 15 is 0 Å². The number of nitrogens with zero attached hydrogens (tertiary/aromatic N) is 2. The van der Waals surface area contributed by atoms with Crippen molar-refractivity contribution < 1.29 is 18.0 Å². The van der Waals surface area contributed by atoms with Crippen molar-refractivity contribution >= 4 is 30.7 Å². The fourth-order valence-corrected chi connectivity index (χ4v) is 3.25. The first-order valence-corrected chi connectivity index (χ1v) is 7.67. The first-order valence-electron chi connectivity index (χ1n) is 7.67. The third-order valence-electron chi connectivity index (χ3n) is 4.53. The molecular formula is C14H26Cl2F3N3O. The highest BCUT2D eigenvalue weighted by Gasteiger charge is 2.33. The average Bonchev–Trinajstić information content (AvgIpc) is 2.40. The lowest BCUT2D eigenvalue weighted by molar-refractivity contribution is -0.152. The standard InChI is InChI=1S/C14H24F3N3O.2ClH/c15-14(16,17)10-19-5-7-20(8-6-19)13(21)9-11-3-1-2-4-12(11)18;;/h11-12H,1-10,18H2;2*1H. The summed E-state index contributed by atoms with van der Waals surface area (Å²) in [6.07, 6.45) is 0.479. The molecule has 1 saturated heterocycles. The third-order valence-corrected chi connectivity index (χ3v) is 4.53. The van der Waals surface area contributed by atoms with Crippen LogP contribution in [0.15, 0.2) is 0 Å². The lowest BCUT2D eigenvalue weighted by Crippen LogP contribution is -2.51. The van der Waals surface area contributed by atoms with Crippen molar-refractivity contribution in [2.45, 2.75) is 44.3 Å². The Labute approximate surface area is 147 Å². The van der Waals surface area contributed by atoms with Gasteiger partial charge in [-0.1, -0.05) is 12.8 Å². The van der Waals surface area contributed by atoms with Crippen LogP contribution in [0.3, 0.4) is 0 Å². The molecule has 2 N–H and O–H groups in total. The molecule has 9 heteroatoms. The summed E-state index contributed by atoms with van der Waals surface area (Å²) in [5.74, 6) is 0.281. The maximum absolute atomic E-state index is 12.3. The van der Waals surface area contributed by atoms with E-state index < -0.39 is 12.7 Å². The molecule has 1 heterocycles. The summed E-state index contributed by atoms with van der Waals surface area (Å²) >= 11 is 0. The molecule has 0 aromatic carbocycles. The summed E-state index contributed by atoms with van der Waals surface area (Å²) in [5.41, 5.74) is 6.04. The molecule has 4 nitrogen and oxygen atoms in total. The van der Waals surface area contributed by atoms with Gasteiger partial charge in [0, 0.05) is 38.6 Å². The van der Waals surface area contributed by atoms with E-state index in [1.807, 2.05) is 0 Å². The van der Waals surface area contributed by atoms with Crippen molar-refractivity contribution in [2.24, 2.45) is 11.7 Å². The number of halogens is 5. The Balaban J connectivity index is 0.00000242. The molecule has 2 atom stereocenters. The second kappa shape index (κ2) is 9.91. The van der Waals surface area contributed by atoms with Crippen molar-refractivity contribution in [3.8, 4) is 0 Å². The molecule has 0 radical (unpaired) electrons. The molecule has 2 fully saturated rings. The molecule has 2 aliphatic rings. The minimum absolute atomic E-state index is 0. The zero-order valence-electron chi connectivity index (χ0n) is 13.1. The van der Waals surface area contributed by atoms with Crippen LogP contribution in [-0.2, 0) is 4.79 Å². The fourth-order valence-electron chi connectivity index (χ4n) is 3.25. The smallest absolute Gasteiger partial charge is 0.340 e. The number of carbonyl (C=O) groups excluding carboxylic acids is 1. The van der Waals surface area contributed by atoms with Crippen molar-refractivity contribution in [2.75, 3.05) is 32.7 Å². The highest BCUT2D eigenvalue weighted by atomic mass is 35.5. The minimum Gasteiger partial charge on any atom is -0.340 e. The molecule has 138 valence electrons. The molecule has 0 aromatic rings. The Hall–Kier alpha value is -0.240. The molecule has 0 bridgehead atoms. The summed E-state index contributed by atoms with van der Waals surface area (Å²) in [4.78, 5) is 15.3. The molecule has 2 rings (SSSR count). The monoisotopic (exact) mass is 379 g/mol. The summed E-state index contributed by atoms with van der Waals surface area (Å²) in [6.45, 7) is 0.472. The number of hydrogen-bond acceptors (Lipinski definition) is 3. The van der Waals surface area contributed by atoms with Crippen LogP contribution in [0.2, 0.25) is 0 Å². The highest BCUT2D eigenvalue weighted by molar-refractivity contribution is 5.85. The Morgan fingerprint density at radius 1 is 1.04 bits per heavy atom. The van der Waals surface area contributed by atoms with Crippen LogP contribution in [0.5, 0.6) is 0 Å². The quantitative estimate of drug-likeness (QED) is 0.819. The molecule has 1 aliphatic heterocycles. The average molecular weight is 380 g/mol. The minimum atomic E-state index is -4.17. The predicted octanol–water partition coefficient (Wildman–Crippen LogP) is 2.44. The normalized spacial score (nSPS) is 26.2. The van der Waals surface area contributed by atoms with Crippen LogP contribution in [0.4, 0.5) is 13.2 Å². The van der Waals surface area contributed by atoms with Gasteiger partial charge in [-0.3, -0.25) is 9.69 Å². The molecule has 1 aliphatic carbocycles. The van der Waals surface area contributed by atoms with Gasteiger partial charge in [0.15, 0.2) is 0 Å². The zero-order valence-corrected chi connectivity index (χ0v) is 14.7. The summed E-state index contributed by atoms with van der Waals surface area (Å²) in [7, 11) is 0. The summed E-state index contributed by atoms with van der Waals surface area (Å²) in [5, 5.41) is 0. The van der Waals surface area contributed by atoms with Crippen LogP contribution < -0.4 is 5.73 Å². The first kappa shape index (κ1) is 22.8. The first-order chi connectivity index (χ1) is 9.85. The lowest BCUT2D eigenvalue weighted by Gasteiger charge is -2.36. The number of alkyl halides is 3. The van der Waals surface area contributed by atoms with Crippen molar-refractivity contribution in [1.82, 2.24) is 9.80 Å². The number of piperazine rings is 1. The Bertz CT molecular complexity index is 364. The van der Waals surface area contributed by atoms with E-state index in [0.29, 0.717) is 32.6 Å². The van der Waals surface area contributed by atoms with Gasteiger partial charge in [0.2, 0.25) is 5.91 Å². The van der Waals surface area contributed by atoms with E-state index in [9.17, 15) is 18.0 Å². The second-order valence-electron chi connectivity index (χ2n) is 6.18. The molecule has 2 unspecified atom stereocenters. The van der Waals surface area contributed by atoms with Gasteiger partial charge in [0.25, 0.3) is 0 Å². The van der Waals surface area contributed by atoms with Crippen molar-refractivity contribution in [3.05, 3.63) is 0 Å². The van der Waals surface area contributed by atoms with Crippen LogP contribution in [0.25, 0.3) is 0 Å². The summed E-state index contributed by atoms with van der Waals surface area (Å²) < 4.78 is 36.9. The Kier molecular flexibility index (Phi) is 9.81. The number of hydrogen-bond donors (Lipinski definition) is 1. The number of nitrogens with two attached hydrogens (primary N) is 1. The Morgan fingerprint density at radius 3 is 2.13 bits per heavy atom. The van der Waals surface area contributed by atoms with Crippen LogP contribution in [0.1, 0.15) is 32.1 Å². The van der Waals surface area contributed by atoms with Gasteiger partial charge >= 0.3 is 6.18 Å². The SMILES string of the molecule is Cl.Cl.NC1CCCCC1CC(=O)N1CCN(CC(F)(F)F)CC1. The van der Waals surface area contributed by atoms with Gasteiger partial charge in [-0.25, -0.2) is 0 Å². The maximum atomic E-state index is 12.3. The van der Waals surface area contributed by atoms with E-state index in [-0.39, 0.29) is 42.7 Å². The van der Waals surface area contributed by atoms with Gasteiger partial charge in [0.1, 0.15) is 0 Å². The van der Waals surface area contributed by atoms with Crippen LogP contribution in [-0.4, -0.2) is 60.6 Å². The van der Waals surface area contributed by atoms with Gasteiger partial charge in [0.05, 0.1) is 6.54 Å². The third kappa shape index (κ3) is 7.45. The molecule has 0 aromatic heterocycles. The van der Waals surface area contributed by atoms with Gasteiger partial charge in [-0.2, -0.15) is 13.2 Å². The lowest BCUT2D eigenvalue weighted by atomic mass is 9.82. The molecular weight excluding hydrogens is 354 g/mol. The Morgan fingerprint density at radius 2 is 1.61 bits per heavy atom. The molecule has 1 amide bonds. The van der Waals surface area contributed by atoms with E-state index in [0.717, 1.165) is 25.7 Å². The predicted molar refractivity (Wildman–Crippen MR) is 88.1 cm³/mol. The van der Waals surface area contributed by atoms with Crippen LogP contribution >= 0.6 is 24.8 Å². The van der Waals surface area contributed by atoms with Gasteiger partial charge < -0.3 is 10.6 Å². The van der Waals surface area contributed by atoms with Crippen molar-refractivity contribution in [1.29, 1.82) is 0 Å². The van der Waals surface area contributed by atoms with Gasteiger partial charge in [-0.15, -0.1) is 24.8 Å². The van der Waals surface area contributed by atoms with Crippen molar-refractivity contribution in [3.63, 3.8) is 0 Å². The van der Waals surface area contributed by atoms with E-state index in [4.69, 9.17) is 5.73 Å². The zero-order chi connectivity index (χ0) is 15.5. The largest absolute Gasteiger partial charge is 0.401 e. The topological polar surface area (TPSA) is 49.6 Å². The second-order valence-corrected chi connectivity index (χ2v) is 6.18. The number of rotatable bonds is 3.